The zero-order valence-corrected chi connectivity index (χ0v) is 15.6. The third-order valence-electron chi connectivity index (χ3n) is 4.32. The van der Waals surface area contributed by atoms with E-state index in [1.807, 2.05) is 44.4 Å². The van der Waals surface area contributed by atoms with Gasteiger partial charge in [0.15, 0.2) is 0 Å². The van der Waals surface area contributed by atoms with E-state index in [0.29, 0.717) is 22.6 Å². The molecule has 1 aliphatic heterocycles. The lowest BCUT2D eigenvalue weighted by atomic mass is 9.85. The highest BCUT2D eigenvalue weighted by Gasteiger charge is 2.36. The molecule has 0 unspecified atom stereocenters. The lowest BCUT2D eigenvalue weighted by Gasteiger charge is -2.28. The largest absolute Gasteiger partial charge is 0.468 e. The summed E-state index contributed by atoms with van der Waals surface area (Å²) in [5.74, 6) is -0.217. The molecule has 1 amide bonds. The van der Waals surface area contributed by atoms with Crippen molar-refractivity contribution in [2.75, 3.05) is 11.6 Å². The number of carbonyl (C=O) groups is 1. The molecule has 6 heteroatoms. The smallest absolute Gasteiger partial charge is 0.254 e. The second kappa shape index (κ2) is 7.54. The molecule has 0 aliphatic carbocycles. The minimum atomic E-state index is -0.539. The number of anilines is 1. The Morgan fingerprint density at radius 1 is 1.27 bits per heavy atom. The fourth-order valence-electron chi connectivity index (χ4n) is 3.02. The first-order valence-electron chi connectivity index (χ1n) is 8.13. The summed E-state index contributed by atoms with van der Waals surface area (Å²) in [6.45, 7) is 3.78. The van der Waals surface area contributed by atoms with Gasteiger partial charge in [-0.05, 0) is 43.9 Å². The van der Waals surface area contributed by atoms with Crippen molar-refractivity contribution in [2.45, 2.75) is 19.8 Å². The van der Waals surface area contributed by atoms with E-state index in [9.17, 15) is 10.1 Å². The van der Waals surface area contributed by atoms with E-state index in [1.54, 1.807) is 18.4 Å². The maximum Gasteiger partial charge on any atom is 0.254 e. The number of hydrogen-bond donors (Lipinski definition) is 2. The Bertz CT molecular complexity index is 936. The molecule has 0 saturated heterocycles. The molecule has 26 heavy (non-hydrogen) atoms. The predicted octanol–water partition coefficient (Wildman–Crippen LogP) is 4.29. The van der Waals surface area contributed by atoms with Gasteiger partial charge in [0.1, 0.15) is 5.76 Å². The van der Waals surface area contributed by atoms with Gasteiger partial charge in [-0.25, -0.2) is 0 Å². The summed E-state index contributed by atoms with van der Waals surface area (Å²) >= 11 is 1.44. The standard InChI is InChI=1S/C20H19N3O2S/c1-12-7-4-5-8-15(12)23-19(24)17-13(2)22-20(26-3)14(11-21)18(17)16-9-6-10-25-16/h4-10,18,22H,1-3H3,(H,23,24)/t18-/m0/s1. The van der Waals surface area contributed by atoms with Gasteiger partial charge in [-0.15, -0.1) is 11.8 Å². The number of amides is 1. The summed E-state index contributed by atoms with van der Waals surface area (Å²) in [7, 11) is 0. The molecule has 3 rings (SSSR count). The molecule has 0 saturated carbocycles. The topological polar surface area (TPSA) is 78.1 Å². The van der Waals surface area contributed by atoms with E-state index in [1.165, 1.54) is 11.8 Å². The van der Waals surface area contributed by atoms with Gasteiger partial charge in [0.2, 0.25) is 0 Å². The van der Waals surface area contributed by atoms with E-state index in [2.05, 4.69) is 16.7 Å². The minimum absolute atomic E-state index is 0.251. The summed E-state index contributed by atoms with van der Waals surface area (Å²) in [6.07, 6.45) is 3.45. The van der Waals surface area contributed by atoms with Gasteiger partial charge in [-0.1, -0.05) is 18.2 Å². The molecule has 2 N–H and O–H groups in total. The van der Waals surface area contributed by atoms with Crippen LogP contribution in [-0.4, -0.2) is 12.2 Å². The number of hydrogen-bond acceptors (Lipinski definition) is 5. The number of rotatable bonds is 4. The van der Waals surface area contributed by atoms with Crippen LogP contribution >= 0.6 is 11.8 Å². The van der Waals surface area contributed by atoms with Gasteiger partial charge in [-0.3, -0.25) is 4.79 Å². The maximum atomic E-state index is 13.1. The van der Waals surface area contributed by atoms with E-state index in [4.69, 9.17) is 4.42 Å². The van der Waals surface area contributed by atoms with Crippen LogP contribution in [-0.2, 0) is 4.79 Å². The van der Waals surface area contributed by atoms with Crippen molar-refractivity contribution < 1.29 is 9.21 Å². The summed E-state index contributed by atoms with van der Waals surface area (Å²) in [5.41, 5.74) is 3.39. The van der Waals surface area contributed by atoms with Crippen molar-refractivity contribution in [3.63, 3.8) is 0 Å². The molecule has 1 atom stereocenters. The second-order valence-corrected chi connectivity index (χ2v) is 6.76. The number of nitrogens with one attached hydrogen (secondary N) is 2. The molecule has 0 radical (unpaired) electrons. The van der Waals surface area contributed by atoms with Crippen molar-refractivity contribution in [3.05, 3.63) is 75.9 Å². The molecule has 2 aromatic rings. The van der Waals surface area contributed by atoms with Crippen molar-refractivity contribution >= 4 is 23.4 Å². The Labute approximate surface area is 156 Å². The number of furan rings is 1. The van der Waals surface area contributed by atoms with Crippen molar-refractivity contribution in [2.24, 2.45) is 0 Å². The summed E-state index contributed by atoms with van der Waals surface area (Å²) in [6, 6.07) is 13.4. The first-order chi connectivity index (χ1) is 12.6. The zero-order chi connectivity index (χ0) is 18.7. The minimum Gasteiger partial charge on any atom is -0.468 e. The van der Waals surface area contributed by atoms with E-state index in [0.717, 1.165) is 16.3 Å². The summed E-state index contributed by atoms with van der Waals surface area (Å²) < 4.78 is 5.56. The molecule has 0 bridgehead atoms. The Morgan fingerprint density at radius 2 is 2.04 bits per heavy atom. The Kier molecular flexibility index (Phi) is 5.19. The Hall–Kier alpha value is -2.91. The van der Waals surface area contributed by atoms with E-state index >= 15 is 0 Å². The van der Waals surface area contributed by atoms with Gasteiger partial charge in [0.25, 0.3) is 5.91 Å². The molecule has 2 heterocycles. The molecule has 132 valence electrons. The molecule has 1 aromatic carbocycles. The second-order valence-electron chi connectivity index (χ2n) is 5.94. The van der Waals surface area contributed by atoms with Crippen LogP contribution in [0.1, 0.15) is 24.2 Å². The van der Waals surface area contributed by atoms with Crippen LogP contribution < -0.4 is 10.6 Å². The average molecular weight is 365 g/mol. The van der Waals surface area contributed by atoms with Crippen LogP contribution in [0, 0.1) is 18.3 Å². The van der Waals surface area contributed by atoms with Crippen LogP contribution in [0.3, 0.4) is 0 Å². The molecular weight excluding hydrogens is 346 g/mol. The Balaban J connectivity index is 2.05. The van der Waals surface area contributed by atoms with Crippen LogP contribution in [0.4, 0.5) is 5.69 Å². The van der Waals surface area contributed by atoms with Gasteiger partial charge in [0, 0.05) is 11.4 Å². The van der Waals surface area contributed by atoms with Gasteiger partial charge in [0.05, 0.1) is 34.4 Å². The fourth-order valence-corrected chi connectivity index (χ4v) is 3.66. The number of allylic oxidation sites excluding steroid dienone is 2. The summed E-state index contributed by atoms with van der Waals surface area (Å²) in [5, 5.41) is 16.6. The molecule has 0 fully saturated rings. The maximum absolute atomic E-state index is 13.1. The van der Waals surface area contributed by atoms with Crippen molar-refractivity contribution in [1.82, 2.24) is 5.32 Å². The highest BCUT2D eigenvalue weighted by atomic mass is 32.2. The summed E-state index contributed by atoms with van der Waals surface area (Å²) in [4.78, 5) is 13.1. The number of nitrogens with zero attached hydrogens (tertiary/aromatic N) is 1. The first kappa shape index (κ1) is 17.9. The van der Waals surface area contributed by atoms with Crippen LogP contribution in [0.5, 0.6) is 0 Å². The quantitative estimate of drug-likeness (QED) is 0.845. The lowest BCUT2D eigenvalue weighted by Crippen LogP contribution is -2.30. The van der Waals surface area contributed by atoms with Gasteiger partial charge < -0.3 is 15.1 Å². The van der Waals surface area contributed by atoms with Crippen molar-refractivity contribution in [1.29, 1.82) is 5.26 Å². The number of thioether (sulfide) groups is 1. The molecule has 5 nitrogen and oxygen atoms in total. The highest BCUT2D eigenvalue weighted by molar-refractivity contribution is 8.02. The van der Waals surface area contributed by atoms with Crippen molar-refractivity contribution in [3.8, 4) is 6.07 Å². The zero-order valence-electron chi connectivity index (χ0n) is 14.8. The van der Waals surface area contributed by atoms with Crippen LogP contribution in [0.25, 0.3) is 0 Å². The van der Waals surface area contributed by atoms with Gasteiger partial charge >= 0.3 is 0 Å². The number of nitriles is 1. The number of para-hydroxylation sites is 1. The van der Waals surface area contributed by atoms with Crippen LogP contribution in [0.15, 0.2) is 69.0 Å². The molecule has 1 aliphatic rings. The fraction of sp³-hybridized carbons (Fsp3) is 0.200. The number of carbonyl (C=O) groups excluding carboxylic acids is 1. The van der Waals surface area contributed by atoms with Gasteiger partial charge in [-0.2, -0.15) is 5.26 Å². The molecular formula is C20H19N3O2S. The molecule has 1 aromatic heterocycles. The number of dihydropyridines is 1. The van der Waals surface area contributed by atoms with Crippen LogP contribution in [0.2, 0.25) is 0 Å². The average Bonchev–Trinajstić information content (AvgIpc) is 3.16. The monoisotopic (exact) mass is 365 g/mol. The predicted molar refractivity (Wildman–Crippen MR) is 103 cm³/mol. The third kappa shape index (κ3) is 3.26. The van der Waals surface area contributed by atoms with E-state index < -0.39 is 5.92 Å². The van der Waals surface area contributed by atoms with E-state index in [-0.39, 0.29) is 5.91 Å². The third-order valence-corrected chi connectivity index (χ3v) is 5.05. The lowest BCUT2D eigenvalue weighted by molar-refractivity contribution is -0.113. The highest BCUT2D eigenvalue weighted by Crippen LogP contribution is 2.40. The normalized spacial score (nSPS) is 16.9. The Morgan fingerprint density at radius 3 is 2.65 bits per heavy atom. The first-order valence-corrected chi connectivity index (χ1v) is 9.35. The SMILES string of the molecule is CSC1=C(C#N)[C@@H](c2ccco2)C(C(=O)Nc2ccccc2C)=C(C)N1. The number of aryl methyl sites for hydroxylation is 1. The number of benzene rings is 1. The molecule has 0 spiro atoms.